The van der Waals surface area contributed by atoms with Crippen molar-refractivity contribution in [2.24, 2.45) is 0 Å². The zero-order chi connectivity index (χ0) is 16.2. The molecule has 0 fully saturated rings. The zero-order valence-corrected chi connectivity index (χ0v) is 12.6. The van der Waals surface area contributed by atoms with Crippen LogP contribution in [0.1, 0.15) is 16.8 Å². The third-order valence-corrected chi connectivity index (χ3v) is 4.16. The highest BCUT2D eigenvalue weighted by atomic mass is 35.5. The lowest BCUT2D eigenvalue weighted by Gasteiger charge is -2.09. The standard InChI is InChI=1S/C12H14ClNO6S/c1-21(19,20)10-6-7(2-3-8(10)13)11(16)14-5-4-9(15)12(17)18/h2-3,6,9,15H,4-5H2,1H3,(H,14,16)(H,17,18). The van der Waals surface area contributed by atoms with E-state index in [9.17, 15) is 18.0 Å². The second-order valence-electron chi connectivity index (χ2n) is 4.32. The van der Waals surface area contributed by atoms with Crippen molar-refractivity contribution in [2.75, 3.05) is 12.8 Å². The minimum Gasteiger partial charge on any atom is -0.479 e. The summed E-state index contributed by atoms with van der Waals surface area (Å²) in [7, 11) is -3.56. The number of amides is 1. The first-order valence-electron chi connectivity index (χ1n) is 5.81. The molecule has 0 aliphatic heterocycles. The fourth-order valence-corrected chi connectivity index (χ4v) is 2.78. The summed E-state index contributed by atoms with van der Waals surface area (Å²) in [5.41, 5.74) is 0.0737. The van der Waals surface area contributed by atoms with Crippen molar-refractivity contribution in [2.45, 2.75) is 17.4 Å². The molecule has 3 N–H and O–H groups in total. The van der Waals surface area contributed by atoms with Gasteiger partial charge < -0.3 is 15.5 Å². The summed E-state index contributed by atoms with van der Waals surface area (Å²) in [5, 5.41) is 19.9. The Morgan fingerprint density at radius 2 is 2.00 bits per heavy atom. The number of hydrogen-bond donors (Lipinski definition) is 3. The molecular formula is C12H14ClNO6S. The molecule has 1 aromatic rings. The van der Waals surface area contributed by atoms with Gasteiger partial charge in [-0.25, -0.2) is 13.2 Å². The van der Waals surface area contributed by atoms with E-state index < -0.39 is 27.8 Å². The Hall–Kier alpha value is -1.64. The number of hydrogen-bond acceptors (Lipinski definition) is 5. The van der Waals surface area contributed by atoms with Crippen molar-refractivity contribution in [3.8, 4) is 0 Å². The minimum atomic E-state index is -3.56. The van der Waals surface area contributed by atoms with Gasteiger partial charge in [-0.05, 0) is 18.2 Å². The monoisotopic (exact) mass is 335 g/mol. The molecule has 7 nitrogen and oxygen atoms in total. The molecule has 0 aromatic heterocycles. The van der Waals surface area contributed by atoms with Crippen molar-refractivity contribution < 1.29 is 28.2 Å². The van der Waals surface area contributed by atoms with Crippen molar-refractivity contribution in [1.82, 2.24) is 5.32 Å². The highest BCUT2D eigenvalue weighted by Gasteiger charge is 2.17. The number of carbonyl (C=O) groups is 2. The Kier molecular flexibility index (Phi) is 5.70. The number of rotatable bonds is 6. The zero-order valence-electron chi connectivity index (χ0n) is 11.0. The molecule has 0 spiro atoms. The third-order valence-electron chi connectivity index (χ3n) is 2.58. The minimum absolute atomic E-state index is 0.00958. The summed E-state index contributed by atoms with van der Waals surface area (Å²) in [5.74, 6) is -1.97. The van der Waals surface area contributed by atoms with Crippen LogP contribution in [0.2, 0.25) is 5.02 Å². The number of carbonyl (C=O) groups excluding carboxylic acids is 1. The van der Waals surface area contributed by atoms with Crippen LogP contribution in [0.4, 0.5) is 0 Å². The number of carboxylic acid groups (broad SMARTS) is 1. The topological polar surface area (TPSA) is 121 Å². The number of halogens is 1. The van der Waals surface area contributed by atoms with Crippen LogP contribution >= 0.6 is 11.6 Å². The molecule has 1 amide bonds. The quantitative estimate of drug-likeness (QED) is 0.688. The number of benzene rings is 1. The average molecular weight is 336 g/mol. The van der Waals surface area contributed by atoms with Crippen molar-refractivity contribution >= 4 is 33.3 Å². The van der Waals surface area contributed by atoms with E-state index in [0.29, 0.717) is 0 Å². The number of aliphatic hydroxyl groups excluding tert-OH is 1. The number of aliphatic hydroxyl groups is 1. The Morgan fingerprint density at radius 3 is 2.52 bits per heavy atom. The number of nitrogens with one attached hydrogen (secondary N) is 1. The van der Waals surface area contributed by atoms with Crippen molar-refractivity contribution in [1.29, 1.82) is 0 Å². The Balaban J connectivity index is 2.78. The van der Waals surface area contributed by atoms with E-state index in [1.807, 2.05) is 0 Å². The van der Waals surface area contributed by atoms with Crippen LogP contribution in [0.25, 0.3) is 0 Å². The second-order valence-corrected chi connectivity index (χ2v) is 6.71. The Bertz CT molecular complexity index is 658. The van der Waals surface area contributed by atoms with E-state index >= 15 is 0 Å². The van der Waals surface area contributed by atoms with Gasteiger partial charge in [0.15, 0.2) is 15.9 Å². The Morgan fingerprint density at radius 1 is 1.38 bits per heavy atom. The fourth-order valence-electron chi connectivity index (χ4n) is 1.48. The van der Waals surface area contributed by atoms with Gasteiger partial charge in [-0.1, -0.05) is 11.6 Å². The number of aliphatic carboxylic acids is 1. The summed E-state index contributed by atoms with van der Waals surface area (Å²) in [6.45, 7) is -0.0663. The van der Waals surface area contributed by atoms with Crippen LogP contribution in [0, 0.1) is 0 Å². The van der Waals surface area contributed by atoms with E-state index in [-0.39, 0.29) is 28.4 Å². The molecule has 9 heteroatoms. The molecule has 21 heavy (non-hydrogen) atoms. The van der Waals surface area contributed by atoms with Gasteiger partial charge in [0.25, 0.3) is 5.91 Å². The lowest BCUT2D eigenvalue weighted by Crippen LogP contribution is -2.30. The smallest absolute Gasteiger partial charge is 0.332 e. The van der Waals surface area contributed by atoms with Gasteiger partial charge in [-0.2, -0.15) is 0 Å². The molecular weight excluding hydrogens is 322 g/mol. The SMILES string of the molecule is CS(=O)(=O)c1cc(C(=O)NCCC(O)C(=O)O)ccc1Cl. The summed E-state index contributed by atoms with van der Waals surface area (Å²) in [6, 6.07) is 3.78. The lowest BCUT2D eigenvalue weighted by atomic mass is 10.2. The van der Waals surface area contributed by atoms with E-state index in [0.717, 1.165) is 12.3 Å². The van der Waals surface area contributed by atoms with Crippen LogP contribution in [0.3, 0.4) is 0 Å². The fraction of sp³-hybridized carbons (Fsp3) is 0.333. The maximum atomic E-state index is 11.8. The van der Waals surface area contributed by atoms with Gasteiger partial charge in [0.2, 0.25) is 0 Å². The molecule has 0 radical (unpaired) electrons. The van der Waals surface area contributed by atoms with Gasteiger partial charge in [0.1, 0.15) is 0 Å². The van der Waals surface area contributed by atoms with E-state index in [2.05, 4.69) is 5.32 Å². The Labute approximate surface area is 126 Å². The van der Waals surface area contributed by atoms with Gasteiger partial charge >= 0.3 is 5.97 Å². The first-order valence-corrected chi connectivity index (χ1v) is 8.08. The van der Waals surface area contributed by atoms with Gasteiger partial charge in [0, 0.05) is 24.8 Å². The summed E-state index contributed by atoms with van der Waals surface area (Å²) in [4.78, 5) is 22.0. The normalized spacial score (nSPS) is 12.7. The predicted octanol–water partition coefficient (Wildman–Crippen LogP) is 0.309. The molecule has 0 saturated carbocycles. The van der Waals surface area contributed by atoms with Crippen LogP contribution in [0.5, 0.6) is 0 Å². The molecule has 1 unspecified atom stereocenters. The lowest BCUT2D eigenvalue weighted by molar-refractivity contribution is -0.146. The molecule has 1 rings (SSSR count). The molecule has 0 aliphatic rings. The van der Waals surface area contributed by atoms with E-state index in [1.165, 1.54) is 12.1 Å². The number of sulfone groups is 1. The first-order chi connectivity index (χ1) is 9.62. The van der Waals surface area contributed by atoms with Crippen molar-refractivity contribution in [3.05, 3.63) is 28.8 Å². The second kappa shape index (κ2) is 6.88. The molecule has 0 saturated heterocycles. The van der Waals surface area contributed by atoms with Crippen LogP contribution < -0.4 is 5.32 Å². The largest absolute Gasteiger partial charge is 0.479 e. The first kappa shape index (κ1) is 17.4. The van der Waals surface area contributed by atoms with Crippen LogP contribution in [-0.4, -0.2) is 49.4 Å². The van der Waals surface area contributed by atoms with E-state index in [4.69, 9.17) is 21.8 Å². The van der Waals surface area contributed by atoms with E-state index in [1.54, 1.807) is 0 Å². The number of carboxylic acids is 1. The molecule has 1 atom stereocenters. The van der Waals surface area contributed by atoms with Crippen LogP contribution in [-0.2, 0) is 14.6 Å². The summed E-state index contributed by atoms with van der Waals surface area (Å²) >= 11 is 5.76. The summed E-state index contributed by atoms with van der Waals surface area (Å²) < 4.78 is 23.0. The highest BCUT2D eigenvalue weighted by Crippen LogP contribution is 2.22. The maximum Gasteiger partial charge on any atom is 0.332 e. The molecule has 1 aromatic carbocycles. The predicted molar refractivity (Wildman–Crippen MR) is 75.2 cm³/mol. The van der Waals surface area contributed by atoms with Gasteiger partial charge in [-0.15, -0.1) is 0 Å². The molecule has 0 aliphatic carbocycles. The molecule has 0 heterocycles. The van der Waals surface area contributed by atoms with Gasteiger partial charge in [0.05, 0.1) is 9.92 Å². The molecule has 0 bridgehead atoms. The average Bonchev–Trinajstić information content (AvgIpc) is 2.37. The summed E-state index contributed by atoms with van der Waals surface area (Å²) in [6.07, 6.45) is -0.755. The third kappa shape index (κ3) is 5.00. The highest BCUT2D eigenvalue weighted by molar-refractivity contribution is 7.90. The molecule has 116 valence electrons. The maximum absolute atomic E-state index is 11.8. The van der Waals surface area contributed by atoms with Crippen molar-refractivity contribution in [3.63, 3.8) is 0 Å². The van der Waals surface area contributed by atoms with Crippen LogP contribution in [0.15, 0.2) is 23.1 Å². The van der Waals surface area contributed by atoms with Gasteiger partial charge in [-0.3, -0.25) is 4.79 Å².